The molecule has 1 aliphatic heterocycles. The predicted octanol–water partition coefficient (Wildman–Crippen LogP) is 2.12. The van der Waals surface area contributed by atoms with Crippen LogP contribution in [-0.4, -0.2) is 6.34 Å². The van der Waals surface area contributed by atoms with Gasteiger partial charge in [0.2, 0.25) is 0 Å². The van der Waals surface area contributed by atoms with Crippen molar-refractivity contribution in [1.82, 2.24) is 5.32 Å². The first-order valence-corrected chi connectivity index (χ1v) is 3.66. The van der Waals surface area contributed by atoms with Crippen LogP contribution in [0.25, 0.3) is 0 Å². The topological polar surface area (TPSA) is 50.2 Å². The van der Waals surface area contributed by atoms with E-state index in [1.165, 1.54) is 6.34 Å². The molecule has 1 aromatic carbocycles. The van der Waals surface area contributed by atoms with Crippen LogP contribution < -0.4 is 5.32 Å². The highest BCUT2D eigenvalue weighted by Crippen LogP contribution is 2.36. The standard InChI is InChI=1S/C8H3ClN3/c9-6-1-5(3-10)2-7-8(6)12-4-11-7/h1-2,4H. The van der Waals surface area contributed by atoms with Crippen molar-refractivity contribution in [3.63, 3.8) is 0 Å². The number of aliphatic imine (C=N–C) groups is 1. The molecule has 0 fully saturated rings. The zero-order chi connectivity index (χ0) is 8.55. The molecule has 1 aliphatic rings. The molecule has 1 heterocycles. The second kappa shape index (κ2) is 2.50. The molecule has 57 valence electrons. The molecular formula is C8H3ClN3. The zero-order valence-corrected chi connectivity index (χ0v) is 6.71. The first kappa shape index (κ1) is 7.14. The van der Waals surface area contributed by atoms with Crippen LogP contribution in [0, 0.1) is 11.3 Å². The Labute approximate surface area is 74.3 Å². The molecule has 0 N–H and O–H groups in total. The smallest absolute Gasteiger partial charge is 0.116 e. The van der Waals surface area contributed by atoms with E-state index in [1.807, 2.05) is 6.07 Å². The Morgan fingerprint density at radius 2 is 2.25 bits per heavy atom. The molecular weight excluding hydrogens is 174 g/mol. The van der Waals surface area contributed by atoms with Gasteiger partial charge in [-0.2, -0.15) is 5.26 Å². The second-order valence-corrected chi connectivity index (χ2v) is 2.72. The summed E-state index contributed by atoms with van der Waals surface area (Å²) in [5.41, 5.74) is 1.82. The quantitative estimate of drug-likeness (QED) is 0.597. The number of hydrogen-bond donors (Lipinski definition) is 0. The van der Waals surface area contributed by atoms with Crippen molar-refractivity contribution in [3.05, 3.63) is 22.7 Å². The van der Waals surface area contributed by atoms with E-state index in [0.29, 0.717) is 22.0 Å². The zero-order valence-electron chi connectivity index (χ0n) is 5.95. The maximum atomic E-state index is 8.60. The first-order valence-electron chi connectivity index (χ1n) is 3.28. The van der Waals surface area contributed by atoms with E-state index in [9.17, 15) is 0 Å². The summed E-state index contributed by atoms with van der Waals surface area (Å²) in [5, 5.41) is 13.0. The third-order valence-electron chi connectivity index (χ3n) is 1.56. The summed E-state index contributed by atoms with van der Waals surface area (Å²) < 4.78 is 0. The number of rotatable bonds is 0. The fourth-order valence-corrected chi connectivity index (χ4v) is 1.29. The highest BCUT2D eigenvalue weighted by Gasteiger charge is 2.12. The molecule has 0 bridgehead atoms. The molecule has 3 nitrogen and oxygen atoms in total. The van der Waals surface area contributed by atoms with Gasteiger partial charge in [-0.15, -0.1) is 0 Å². The van der Waals surface area contributed by atoms with E-state index in [4.69, 9.17) is 16.9 Å². The molecule has 0 amide bonds. The van der Waals surface area contributed by atoms with Crippen LogP contribution in [-0.2, 0) is 0 Å². The van der Waals surface area contributed by atoms with Gasteiger partial charge in [-0.1, -0.05) is 11.6 Å². The maximum Gasteiger partial charge on any atom is 0.116 e. The van der Waals surface area contributed by atoms with Gasteiger partial charge in [0, 0.05) is 0 Å². The number of hydrogen-bond acceptors (Lipinski definition) is 2. The summed E-state index contributed by atoms with van der Waals surface area (Å²) in [7, 11) is 0. The second-order valence-electron chi connectivity index (χ2n) is 2.31. The Morgan fingerprint density at radius 1 is 1.42 bits per heavy atom. The van der Waals surface area contributed by atoms with Gasteiger partial charge in [-0.05, 0) is 12.1 Å². The summed E-state index contributed by atoms with van der Waals surface area (Å²) in [6.45, 7) is 0. The summed E-state index contributed by atoms with van der Waals surface area (Å²) >= 11 is 5.83. The van der Waals surface area contributed by atoms with E-state index in [2.05, 4.69) is 10.3 Å². The minimum absolute atomic E-state index is 0.474. The summed E-state index contributed by atoms with van der Waals surface area (Å²) in [4.78, 5) is 3.94. The third-order valence-corrected chi connectivity index (χ3v) is 1.84. The molecule has 0 aliphatic carbocycles. The van der Waals surface area contributed by atoms with Gasteiger partial charge in [0.15, 0.2) is 0 Å². The van der Waals surface area contributed by atoms with Crippen molar-refractivity contribution >= 4 is 29.3 Å². The summed E-state index contributed by atoms with van der Waals surface area (Å²) in [6.07, 6.45) is 1.43. The van der Waals surface area contributed by atoms with Crippen LogP contribution >= 0.6 is 11.6 Å². The van der Waals surface area contributed by atoms with Crippen LogP contribution in [0.3, 0.4) is 0 Å². The first-order chi connectivity index (χ1) is 5.81. The van der Waals surface area contributed by atoms with Crippen LogP contribution in [0.5, 0.6) is 0 Å². The Morgan fingerprint density at radius 3 is 3.00 bits per heavy atom. The van der Waals surface area contributed by atoms with Gasteiger partial charge in [0.05, 0.1) is 22.3 Å². The van der Waals surface area contributed by atoms with Gasteiger partial charge in [0.25, 0.3) is 0 Å². The SMILES string of the molecule is N#Cc1cc(Cl)c2c(c1)N=C[N]2. The molecule has 1 aromatic rings. The van der Waals surface area contributed by atoms with Crippen LogP contribution in [0.4, 0.5) is 11.4 Å². The lowest BCUT2D eigenvalue weighted by Crippen LogP contribution is -1.86. The largest absolute Gasteiger partial charge is 0.235 e. The van der Waals surface area contributed by atoms with Crippen LogP contribution in [0.2, 0.25) is 5.02 Å². The Balaban J connectivity index is 2.66. The number of fused-ring (bicyclic) bond motifs is 1. The maximum absolute atomic E-state index is 8.60. The highest BCUT2D eigenvalue weighted by atomic mass is 35.5. The lowest BCUT2D eigenvalue weighted by Gasteiger charge is -1.98. The minimum atomic E-state index is 0.474. The molecule has 4 heteroatoms. The van der Waals surface area contributed by atoms with Crippen molar-refractivity contribution < 1.29 is 0 Å². The van der Waals surface area contributed by atoms with Crippen molar-refractivity contribution in [3.8, 4) is 6.07 Å². The van der Waals surface area contributed by atoms with Crippen LogP contribution in [0.1, 0.15) is 5.56 Å². The van der Waals surface area contributed by atoms with Crippen molar-refractivity contribution in [2.75, 3.05) is 0 Å². The average molecular weight is 177 g/mol. The molecule has 0 saturated heterocycles. The van der Waals surface area contributed by atoms with Gasteiger partial charge in [-0.25, -0.2) is 10.3 Å². The molecule has 0 atom stereocenters. The predicted molar refractivity (Wildman–Crippen MR) is 46.1 cm³/mol. The number of halogens is 1. The summed E-state index contributed by atoms with van der Waals surface area (Å²) in [5.74, 6) is 0. The van der Waals surface area contributed by atoms with Gasteiger partial charge < -0.3 is 0 Å². The molecule has 0 aromatic heterocycles. The third kappa shape index (κ3) is 0.936. The Hall–Kier alpha value is -1.53. The number of benzene rings is 1. The number of nitrogens with zero attached hydrogens (tertiary/aromatic N) is 3. The molecule has 1 radical (unpaired) electrons. The van der Waals surface area contributed by atoms with Gasteiger partial charge in [0.1, 0.15) is 12.0 Å². The van der Waals surface area contributed by atoms with Gasteiger partial charge >= 0.3 is 0 Å². The van der Waals surface area contributed by atoms with E-state index < -0.39 is 0 Å². The van der Waals surface area contributed by atoms with Gasteiger partial charge in [-0.3, -0.25) is 0 Å². The lowest BCUT2D eigenvalue weighted by atomic mass is 10.2. The van der Waals surface area contributed by atoms with Crippen molar-refractivity contribution in [1.29, 1.82) is 5.26 Å². The average Bonchev–Trinajstić information content (AvgIpc) is 2.52. The Kier molecular flexibility index (Phi) is 1.49. The summed E-state index contributed by atoms with van der Waals surface area (Å²) in [6, 6.07) is 5.24. The molecule has 0 spiro atoms. The van der Waals surface area contributed by atoms with Crippen LogP contribution in [0.15, 0.2) is 17.1 Å². The molecule has 12 heavy (non-hydrogen) atoms. The fraction of sp³-hybridized carbons (Fsp3) is 0. The minimum Gasteiger partial charge on any atom is -0.235 e. The van der Waals surface area contributed by atoms with E-state index in [-0.39, 0.29) is 0 Å². The Bertz CT molecular complexity index is 403. The monoisotopic (exact) mass is 176 g/mol. The van der Waals surface area contributed by atoms with E-state index >= 15 is 0 Å². The highest BCUT2D eigenvalue weighted by molar-refractivity contribution is 6.34. The number of nitriles is 1. The lowest BCUT2D eigenvalue weighted by molar-refractivity contribution is 1.35. The van der Waals surface area contributed by atoms with Crippen molar-refractivity contribution in [2.24, 2.45) is 4.99 Å². The van der Waals surface area contributed by atoms with E-state index in [1.54, 1.807) is 12.1 Å². The molecule has 0 saturated carbocycles. The van der Waals surface area contributed by atoms with Crippen molar-refractivity contribution in [2.45, 2.75) is 0 Å². The normalized spacial score (nSPS) is 12.0. The molecule has 0 unspecified atom stereocenters. The fourth-order valence-electron chi connectivity index (χ4n) is 1.02. The molecule has 2 rings (SSSR count). The van der Waals surface area contributed by atoms with E-state index in [0.717, 1.165) is 0 Å².